The second kappa shape index (κ2) is 32.5. The zero-order valence-corrected chi connectivity index (χ0v) is 43.0. The second-order valence-corrected chi connectivity index (χ2v) is 19.9. The van der Waals surface area contributed by atoms with Crippen LogP contribution in [0, 0.1) is 17.8 Å². The molecule has 0 aromatic heterocycles. The van der Waals surface area contributed by atoms with E-state index < -0.39 is 159 Å². The first-order chi connectivity index (χ1) is 35.0. The van der Waals surface area contributed by atoms with Gasteiger partial charge in [-0.05, 0) is 58.9 Å². The molecule has 2 fully saturated rings. The molecule has 0 aromatic rings. The van der Waals surface area contributed by atoms with Gasteiger partial charge in [0.2, 0.25) is 5.91 Å². The number of hydrogen-bond donors (Lipinski definition) is 14. The molecule has 2 saturated heterocycles. The molecule has 21 nitrogen and oxygen atoms in total. The van der Waals surface area contributed by atoms with Gasteiger partial charge in [-0.3, -0.25) is 14.4 Å². The summed E-state index contributed by atoms with van der Waals surface area (Å²) >= 11 is 0. The van der Waals surface area contributed by atoms with Gasteiger partial charge in [0, 0.05) is 31.1 Å². The standard InChI is InChI=1S/C53H85N3O18/c1-31-19-15-13-11-9-7-5-6-8-10-12-14-16-20-38(73-52-49(66)46(48(65)34(4)72-52)56-50(67)39(55)21-17-18-24-54)28-43-45(51(68)69)42(62)30-53(70,74-43)29-41(61)40(60)23-22-35(57)25-36(58)26-37(59)27-44(63)71-33(3)32(2)47(31)64/h5-16,19-20,31-43,45-49,52,57-62,64-66,70H,17-18,21-30,54-55H2,1-4H3,(H,56,67)(H,68,69)/b6-5+,9-7+,10-8+,13-11+,14-12+,19-15+,20-16+/t31-,32-,33-,34+,35+,36+,37+,38-,39?,40+,41+,42-,43-,45+,46-,47+,48+,49-,52-,53+/m0/s1. The number of nitrogens with two attached hydrogens (primary N) is 2. The van der Waals surface area contributed by atoms with E-state index in [1.54, 1.807) is 86.8 Å². The Morgan fingerprint density at radius 3 is 1.88 bits per heavy atom. The summed E-state index contributed by atoms with van der Waals surface area (Å²) in [5.41, 5.74) is 11.6. The number of aliphatic hydroxyl groups excluding tert-OH is 9. The summed E-state index contributed by atoms with van der Waals surface area (Å²) in [5.74, 6) is -7.73. The number of carboxylic acid groups (broad SMARTS) is 1. The lowest BCUT2D eigenvalue weighted by atomic mass is 9.82. The van der Waals surface area contributed by atoms with Gasteiger partial charge in [-0.15, -0.1) is 0 Å². The highest BCUT2D eigenvalue weighted by molar-refractivity contribution is 5.81. The number of carboxylic acids is 1. The van der Waals surface area contributed by atoms with Crippen LogP contribution in [0.4, 0.5) is 0 Å². The minimum atomic E-state index is -2.42. The van der Waals surface area contributed by atoms with Crippen molar-refractivity contribution in [2.45, 2.75) is 202 Å². The van der Waals surface area contributed by atoms with E-state index >= 15 is 0 Å². The lowest BCUT2D eigenvalue weighted by Gasteiger charge is -2.45. The molecular formula is C53H85N3O18. The highest BCUT2D eigenvalue weighted by atomic mass is 16.7. The Hall–Kier alpha value is -4.01. The first-order valence-corrected chi connectivity index (χ1v) is 25.7. The fourth-order valence-electron chi connectivity index (χ4n) is 9.00. The molecule has 0 saturated carbocycles. The van der Waals surface area contributed by atoms with Gasteiger partial charge >= 0.3 is 11.9 Å². The summed E-state index contributed by atoms with van der Waals surface area (Å²) in [4.78, 5) is 38.4. The van der Waals surface area contributed by atoms with E-state index in [-0.39, 0.29) is 31.6 Å². The Kier molecular flexibility index (Phi) is 28.3. The van der Waals surface area contributed by atoms with Crippen molar-refractivity contribution >= 4 is 17.8 Å². The molecule has 3 aliphatic rings. The van der Waals surface area contributed by atoms with Gasteiger partial charge < -0.3 is 91.9 Å². The largest absolute Gasteiger partial charge is 0.481 e. The average Bonchev–Trinajstić information content (AvgIpc) is 3.32. The van der Waals surface area contributed by atoms with Crippen LogP contribution in [-0.2, 0) is 33.3 Å². The zero-order chi connectivity index (χ0) is 55.1. The first-order valence-electron chi connectivity index (χ1n) is 25.7. The van der Waals surface area contributed by atoms with Crippen LogP contribution in [-0.4, -0.2) is 184 Å². The van der Waals surface area contributed by atoms with Crippen molar-refractivity contribution in [1.82, 2.24) is 5.32 Å². The maximum Gasteiger partial charge on any atom is 0.311 e. The van der Waals surface area contributed by atoms with E-state index in [0.29, 0.717) is 25.8 Å². The second-order valence-electron chi connectivity index (χ2n) is 19.9. The van der Waals surface area contributed by atoms with Crippen LogP contribution >= 0.6 is 0 Å². The minimum Gasteiger partial charge on any atom is -0.481 e. The highest BCUT2D eigenvalue weighted by Crippen LogP contribution is 2.38. The lowest BCUT2D eigenvalue weighted by molar-refractivity contribution is -0.310. The quantitative estimate of drug-likeness (QED) is 0.109. The summed E-state index contributed by atoms with van der Waals surface area (Å²) in [6.07, 6.45) is 3.36. The van der Waals surface area contributed by atoms with Crippen molar-refractivity contribution in [2.24, 2.45) is 29.2 Å². The number of esters is 1. The molecule has 16 N–H and O–H groups in total. The summed E-state index contributed by atoms with van der Waals surface area (Å²) in [6, 6.07) is -2.30. The van der Waals surface area contributed by atoms with Gasteiger partial charge in [0.25, 0.3) is 0 Å². The van der Waals surface area contributed by atoms with Crippen LogP contribution in [0.5, 0.6) is 0 Å². The van der Waals surface area contributed by atoms with Gasteiger partial charge in [-0.1, -0.05) is 105 Å². The molecule has 0 radical (unpaired) electrons. The number of fused-ring (bicyclic) bond motifs is 2. The molecule has 3 aliphatic heterocycles. The van der Waals surface area contributed by atoms with Crippen molar-refractivity contribution in [3.05, 3.63) is 85.1 Å². The van der Waals surface area contributed by atoms with Gasteiger partial charge in [0.05, 0.1) is 79.5 Å². The number of unbranched alkanes of at least 4 members (excludes halogenated alkanes) is 1. The molecule has 2 bridgehead atoms. The molecule has 3 heterocycles. The van der Waals surface area contributed by atoms with E-state index in [4.69, 9.17) is 30.4 Å². The predicted molar refractivity (Wildman–Crippen MR) is 272 cm³/mol. The maximum atomic E-state index is 13.1. The Bertz CT molecular complexity index is 1910. The third-order valence-corrected chi connectivity index (χ3v) is 13.6. The van der Waals surface area contributed by atoms with Gasteiger partial charge in [-0.2, -0.15) is 0 Å². The third-order valence-electron chi connectivity index (χ3n) is 13.6. The molecule has 21 heteroatoms. The van der Waals surface area contributed by atoms with Crippen molar-refractivity contribution in [2.75, 3.05) is 6.54 Å². The molecule has 420 valence electrons. The molecule has 1 unspecified atom stereocenters. The van der Waals surface area contributed by atoms with Crippen molar-refractivity contribution in [3.63, 3.8) is 0 Å². The topological polar surface area (TPSA) is 375 Å². The number of rotatable bonds is 9. The summed E-state index contributed by atoms with van der Waals surface area (Å²) < 4.78 is 23.5. The van der Waals surface area contributed by atoms with Crippen LogP contribution in [0.25, 0.3) is 0 Å². The number of nitrogens with one attached hydrogen (secondary N) is 1. The molecule has 74 heavy (non-hydrogen) atoms. The van der Waals surface area contributed by atoms with Crippen LogP contribution in [0.3, 0.4) is 0 Å². The Labute approximate surface area is 434 Å². The Morgan fingerprint density at radius 2 is 1.28 bits per heavy atom. The fraction of sp³-hybridized carbons (Fsp3) is 0.679. The number of ether oxygens (including phenoxy) is 4. The normalized spacial score (nSPS) is 41.8. The third kappa shape index (κ3) is 21.9. The smallest absolute Gasteiger partial charge is 0.311 e. The van der Waals surface area contributed by atoms with Crippen molar-refractivity contribution < 1.29 is 89.5 Å². The first kappa shape index (κ1) is 64.3. The van der Waals surface area contributed by atoms with E-state index in [1.807, 2.05) is 13.0 Å². The molecule has 0 spiro atoms. The Morgan fingerprint density at radius 1 is 0.716 bits per heavy atom. The monoisotopic (exact) mass is 1050 g/mol. The summed E-state index contributed by atoms with van der Waals surface area (Å²) in [5, 5.41) is 123. The van der Waals surface area contributed by atoms with Gasteiger partial charge in [0.1, 0.15) is 24.2 Å². The van der Waals surface area contributed by atoms with Gasteiger partial charge in [-0.25, -0.2) is 0 Å². The number of aliphatic carboxylic acids is 1. The molecular weight excluding hydrogens is 967 g/mol. The number of cyclic esters (lactones) is 1. The van der Waals surface area contributed by atoms with E-state index in [0.717, 1.165) is 0 Å². The number of allylic oxidation sites excluding steroid dienone is 12. The molecule has 3 rings (SSSR count). The van der Waals surface area contributed by atoms with Crippen molar-refractivity contribution in [3.8, 4) is 0 Å². The number of amides is 1. The fourth-order valence-corrected chi connectivity index (χ4v) is 9.00. The van der Waals surface area contributed by atoms with Crippen LogP contribution in [0.2, 0.25) is 0 Å². The van der Waals surface area contributed by atoms with E-state index in [9.17, 15) is 70.6 Å². The predicted octanol–water partition coefficient (Wildman–Crippen LogP) is 0.326. The highest BCUT2D eigenvalue weighted by Gasteiger charge is 2.51. The molecule has 1 amide bonds. The van der Waals surface area contributed by atoms with E-state index in [2.05, 4.69) is 5.32 Å². The molecule has 0 aromatic carbocycles. The number of carbonyl (C=O) groups excluding carboxylic acids is 2. The lowest BCUT2D eigenvalue weighted by Crippen LogP contribution is -2.65. The van der Waals surface area contributed by atoms with Crippen molar-refractivity contribution in [1.29, 1.82) is 0 Å². The van der Waals surface area contributed by atoms with Gasteiger partial charge in [0.15, 0.2) is 12.1 Å². The number of aliphatic hydroxyl groups is 10. The molecule has 0 aliphatic carbocycles. The Balaban J connectivity index is 1.92. The SMILES string of the molecule is C[C@@H]1[C@H](O)[C@@H](C)/C=C/C=C/C=C/C=C/C=C/C=C/C=C/[C@H](O[C@@H]2O[C@H](C)[C@@H](O)[C@H](NC(=O)C(N)CCCCN)[C@@H]2O)C[C@@H]2O[C@](O)(C[C@@H](O)[C@H](O)CC[C@@H](O)C[C@@H](O)C[C@@H](O)CC(=O)O[C@H]1C)C[C@H](O)[C@H]2C(=O)O. The minimum absolute atomic E-state index is 0.166. The maximum absolute atomic E-state index is 13.1. The van der Waals surface area contributed by atoms with Crippen LogP contribution in [0.15, 0.2) is 85.1 Å². The molecule has 20 atom stereocenters. The summed E-state index contributed by atoms with van der Waals surface area (Å²) in [6.45, 7) is 7.09. The average molecular weight is 1050 g/mol. The van der Waals surface area contributed by atoms with Crippen LogP contribution in [0.1, 0.15) is 98.3 Å². The number of hydrogen-bond acceptors (Lipinski definition) is 19. The van der Waals surface area contributed by atoms with E-state index in [1.165, 1.54) is 13.0 Å². The zero-order valence-electron chi connectivity index (χ0n) is 43.0. The number of carbonyl (C=O) groups is 3. The van der Waals surface area contributed by atoms with Crippen LogP contribution < -0.4 is 16.8 Å². The summed E-state index contributed by atoms with van der Waals surface area (Å²) in [7, 11) is 0.